The van der Waals surface area contributed by atoms with Crippen LogP contribution in [-0.2, 0) is 12.8 Å². The van der Waals surface area contributed by atoms with Crippen molar-refractivity contribution in [1.29, 1.82) is 0 Å². The van der Waals surface area contributed by atoms with Gasteiger partial charge in [0.15, 0.2) is 0 Å². The minimum absolute atomic E-state index is 0.123. The highest BCUT2D eigenvalue weighted by molar-refractivity contribution is 5.63. The number of nitrogens with one attached hydrogen (secondary N) is 1. The smallest absolute Gasteiger partial charge is 0.262 e. The van der Waals surface area contributed by atoms with Gasteiger partial charge in [-0.2, -0.15) is 0 Å². The molecule has 4 rings (SSSR count). The Balaban J connectivity index is 1.92. The fourth-order valence-electron chi connectivity index (χ4n) is 2.81. The largest absolute Gasteiger partial charge is 0.368 e. The monoisotopic (exact) mass is 267 g/mol. The normalized spacial score (nSPS) is 13.8. The standard InChI is InChI=1S/C14H13N5O/c15-13-17-18-14-16-11(7-12(20)19(13)14)10-5-4-8-2-1-3-9(8)6-10/h4-7H,1-3H2,(H2,15,17)(H,16,18). The van der Waals surface area contributed by atoms with Crippen LogP contribution in [0.15, 0.2) is 29.1 Å². The highest BCUT2D eigenvalue weighted by Crippen LogP contribution is 2.26. The molecule has 0 fully saturated rings. The lowest BCUT2D eigenvalue weighted by Gasteiger charge is -2.04. The molecule has 0 saturated heterocycles. The topological polar surface area (TPSA) is 89.1 Å². The molecule has 2 aromatic heterocycles. The second-order valence-corrected chi connectivity index (χ2v) is 5.06. The number of anilines is 1. The molecule has 100 valence electrons. The molecule has 0 amide bonds. The van der Waals surface area contributed by atoms with E-state index in [0.29, 0.717) is 11.5 Å². The van der Waals surface area contributed by atoms with E-state index in [9.17, 15) is 4.79 Å². The Morgan fingerprint density at radius 2 is 2.05 bits per heavy atom. The van der Waals surface area contributed by atoms with Crippen LogP contribution in [0.3, 0.4) is 0 Å². The van der Waals surface area contributed by atoms with Gasteiger partial charge in [-0.1, -0.05) is 12.1 Å². The first-order valence-corrected chi connectivity index (χ1v) is 6.58. The maximum atomic E-state index is 12.1. The molecule has 0 aliphatic heterocycles. The Hall–Kier alpha value is -2.63. The molecule has 3 aromatic rings. The molecule has 6 nitrogen and oxygen atoms in total. The van der Waals surface area contributed by atoms with Gasteiger partial charge in [-0.3, -0.25) is 4.79 Å². The van der Waals surface area contributed by atoms with Gasteiger partial charge in [0, 0.05) is 11.6 Å². The van der Waals surface area contributed by atoms with Gasteiger partial charge in [0.05, 0.1) is 5.69 Å². The fourth-order valence-corrected chi connectivity index (χ4v) is 2.81. The predicted molar refractivity (Wildman–Crippen MR) is 75.5 cm³/mol. The number of aromatic nitrogens is 4. The lowest BCUT2D eigenvalue weighted by molar-refractivity contribution is 0.912. The third kappa shape index (κ3) is 1.54. The molecule has 0 bridgehead atoms. The number of benzene rings is 1. The summed E-state index contributed by atoms with van der Waals surface area (Å²) < 4.78 is 1.26. The van der Waals surface area contributed by atoms with Crippen molar-refractivity contribution in [3.05, 3.63) is 45.7 Å². The maximum absolute atomic E-state index is 12.1. The van der Waals surface area contributed by atoms with Gasteiger partial charge >= 0.3 is 0 Å². The van der Waals surface area contributed by atoms with Crippen molar-refractivity contribution in [2.75, 3.05) is 5.73 Å². The zero-order valence-corrected chi connectivity index (χ0v) is 10.8. The molecular formula is C14H13N5O. The molecule has 0 radical (unpaired) electrons. The van der Waals surface area contributed by atoms with Gasteiger partial charge in [0.1, 0.15) is 0 Å². The van der Waals surface area contributed by atoms with Crippen molar-refractivity contribution in [1.82, 2.24) is 19.6 Å². The van der Waals surface area contributed by atoms with E-state index in [2.05, 4.69) is 27.3 Å². The molecule has 0 saturated carbocycles. The number of hydrogen-bond donors (Lipinski definition) is 2. The van der Waals surface area contributed by atoms with Crippen LogP contribution in [-0.4, -0.2) is 19.6 Å². The summed E-state index contributed by atoms with van der Waals surface area (Å²) in [6, 6.07) is 7.76. The summed E-state index contributed by atoms with van der Waals surface area (Å²) in [5.41, 5.74) is 9.75. The number of fused-ring (bicyclic) bond motifs is 2. The van der Waals surface area contributed by atoms with Crippen LogP contribution in [0.2, 0.25) is 0 Å². The van der Waals surface area contributed by atoms with Crippen LogP contribution < -0.4 is 11.3 Å². The Morgan fingerprint density at radius 3 is 2.95 bits per heavy atom. The first-order valence-electron chi connectivity index (χ1n) is 6.58. The SMILES string of the molecule is Nc1n[nH]c2nc(-c3ccc4c(c3)CCC4)cc(=O)n12. The van der Waals surface area contributed by atoms with Crippen LogP contribution in [0.4, 0.5) is 5.95 Å². The predicted octanol–water partition coefficient (Wildman–Crippen LogP) is 1.16. The van der Waals surface area contributed by atoms with Crippen LogP contribution in [0, 0.1) is 0 Å². The molecule has 6 heteroatoms. The van der Waals surface area contributed by atoms with Crippen molar-refractivity contribution in [2.45, 2.75) is 19.3 Å². The first-order chi connectivity index (χ1) is 9.72. The van der Waals surface area contributed by atoms with Crippen LogP contribution >= 0.6 is 0 Å². The molecule has 3 N–H and O–H groups in total. The lowest BCUT2D eigenvalue weighted by Crippen LogP contribution is -2.15. The molecule has 0 atom stereocenters. The van der Waals surface area contributed by atoms with Crippen molar-refractivity contribution in [3.63, 3.8) is 0 Å². The number of rotatable bonds is 1. The number of aromatic amines is 1. The summed E-state index contributed by atoms with van der Waals surface area (Å²) in [6.45, 7) is 0. The maximum Gasteiger partial charge on any atom is 0.262 e. The number of nitrogen functional groups attached to an aromatic ring is 1. The zero-order valence-electron chi connectivity index (χ0n) is 10.8. The van der Waals surface area contributed by atoms with Crippen LogP contribution in [0.1, 0.15) is 17.5 Å². The van der Waals surface area contributed by atoms with E-state index in [1.165, 1.54) is 28.0 Å². The molecule has 0 spiro atoms. The molecule has 20 heavy (non-hydrogen) atoms. The van der Waals surface area contributed by atoms with Crippen molar-refractivity contribution in [2.24, 2.45) is 0 Å². The van der Waals surface area contributed by atoms with Crippen molar-refractivity contribution >= 4 is 11.7 Å². The minimum Gasteiger partial charge on any atom is -0.368 e. The third-order valence-corrected chi connectivity index (χ3v) is 3.81. The van der Waals surface area contributed by atoms with E-state index >= 15 is 0 Å². The Labute approximate surface area is 114 Å². The molecular weight excluding hydrogens is 254 g/mol. The fraction of sp³-hybridized carbons (Fsp3) is 0.214. The zero-order chi connectivity index (χ0) is 13.7. The molecule has 1 aliphatic carbocycles. The van der Waals surface area contributed by atoms with E-state index in [4.69, 9.17) is 5.73 Å². The van der Waals surface area contributed by atoms with E-state index in [1.807, 2.05) is 6.07 Å². The average Bonchev–Trinajstić information content (AvgIpc) is 3.04. The molecule has 2 heterocycles. The Morgan fingerprint density at radius 1 is 1.20 bits per heavy atom. The van der Waals surface area contributed by atoms with Crippen molar-refractivity contribution in [3.8, 4) is 11.3 Å². The summed E-state index contributed by atoms with van der Waals surface area (Å²) in [6.07, 6.45) is 3.44. The summed E-state index contributed by atoms with van der Waals surface area (Å²) in [5.74, 6) is 0.489. The number of H-pyrrole nitrogens is 1. The van der Waals surface area contributed by atoms with Gasteiger partial charge in [0.2, 0.25) is 11.7 Å². The number of nitrogens with two attached hydrogens (primary N) is 1. The van der Waals surface area contributed by atoms with Gasteiger partial charge in [-0.25, -0.2) is 14.5 Å². The first kappa shape index (κ1) is 11.2. The van der Waals surface area contributed by atoms with Gasteiger partial charge in [-0.15, -0.1) is 5.10 Å². The van der Waals surface area contributed by atoms with E-state index < -0.39 is 0 Å². The molecule has 1 aromatic carbocycles. The quantitative estimate of drug-likeness (QED) is 0.692. The van der Waals surface area contributed by atoms with Crippen LogP contribution in [0.25, 0.3) is 17.0 Å². The summed E-state index contributed by atoms with van der Waals surface area (Å²) in [5, 5.41) is 6.47. The number of hydrogen-bond acceptors (Lipinski definition) is 4. The summed E-state index contributed by atoms with van der Waals surface area (Å²) >= 11 is 0. The summed E-state index contributed by atoms with van der Waals surface area (Å²) in [7, 11) is 0. The summed E-state index contributed by atoms with van der Waals surface area (Å²) in [4.78, 5) is 16.5. The van der Waals surface area contributed by atoms with E-state index in [-0.39, 0.29) is 11.5 Å². The highest BCUT2D eigenvalue weighted by atomic mass is 16.1. The van der Waals surface area contributed by atoms with Gasteiger partial charge in [-0.05, 0) is 36.5 Å². The van der Waals surface area contributed by atoms with Gasteiger partial charge < -0.3 is 5.73 Å². The Bertz CT molecular complexity index is 877. The third-order valence-electron chi connectivity index (χ3n) is 3.81. The van der Waals surface area contributed by atoms with E-state index in [0.717, 1.165) is 18.4 Å². The highest BCUT2D eigenvalue weighted by Gasteiger charge is 2.13. The molecule has 1 aliphatic rings. The second-order valence-electron chi connectivity index (χ2n) is 5.06. The van der Waals surface area contributed by atoms with Gasteiger partial charge in [0.25, 0.3) is 5.56 Å². The second kappa shape index (κ2) is 3.93. The van der Waals surface area contributed by atoms with Crippen LogP contribution in [0.5, 0.6) is 0 Å². The van der Waals surface area contributed by atoms with E-state index in [1.54, 1.807) is 0 Å². The molecule has 0 unspecified atom stereocenters. The number of nitrogens with zero attached hydrogens (tertiary/aromatic N) is 3. The number of aryl methyl sites for hydroxylation is 2. The minimum atomic E-state index is -0.225. The van der Waals surface area contributed by atoms with Crippen molar-refractivity contribution < 1.29 is 0 Å². The lowest BCUT2D eigenvalue weighted by atomic mass is 10.0. The average molecular weight is 267 g/mol. The Kier molecular flexibility index (Phi) is 2.20.